The average molecular weight is 369 g/mol. The number of ether oxygens (including phenoxy) is 2. The van der Waals surface area contributed by atoms with Crippen LogP contribution < -0.4 is 14.8 Å². The first-order valence-electron chi connectivity index (χ1n) is 8.71. The maximum absolute atomic E-state index is 12.4. The molecule has 25 heavy (non-hydrogen) atoms. The Balaban J connectivity index is 2.06. The second-order valence-corrected chi connectivity index (χ2v) is 6.24. The molecule has 1 N–H and O–H groups in total. The van der Waals surface area contributed by atoms with E-state index in [1.165, 1.54) is 6.07 Å². The van der Waals surface area contributed by atoms with Crippen LogP contribution >= 0.6 is 11.6 Å². The van der Waals surface area contributed by atoms with Gasteiger partial charge in [0.2, 0.25) is 5.91 Å². The molecule has 1 aromatic rings. The number of likely N-dealkylation sites (tertiary alicyclic amines) is 1. The number of amides is 2. The van der Waals surface area contributed by atoms with Crippen molar-refractivity contribution in [2.75, 3.05) is 32.8 Å². The van der Waals surface area contributed by atoms with Gasteiger partial charge in [0.15, 0.2) is 11.5 Å². The van der Waals surface area contributed by atoms with E-state index in [0.29, 0.717) is 35.3 Å². The largest absolute Gasteiger partial charge is 0.490 e. The normalized spacial score (nSPS) is 13.6. The van der Waals surface area contributed by atoms with Gasteiger partial charge in [-0.05, 0) is 38.3 Å². The molecule has 0 aromatic heterocycles. The van der Waals surface area contributed by atoms with Crippen LogP contribution in [0.4, 0.5) is 0 Å². The molecule has 1 fully saturated rings. The van der Waals surface area contributed by atoms with Gasteiger partial charge in [0.25, 0.3) is 5.91 Å². The van der Waals surface area contributed by atoms with Crippen molar-refractivity contribution in [3.05, 3.63) is 22.7 Å². The van der Waals surface area contributed by atoms with Crippen LogP contribution in [0.1, 0.15) is 43.5 Å². The summed E-state index contributed by atoms with van der Waals surface area (Å²) in [4.78, 5) is 26.2. The van der Waals surface area contributed by atoms with E-state index in [0.717, 1.165) is 32.4 Å². The van der Waals surface area contributed by atoms with Gasteiger partial charge >= 0.3 is 0 Å². The zero-order valence-electron chi connectivity index (χ0n) is 14.8. The molecule has 1 heterocycles. The Hall–Kier alpha value is -1.95. The van der Waals surface area contributed by atoms with E-state index >= 15 is 0 Å². The molecule has 1 aliphatic heterocycles. The number of rotatable bonds is 8. The second kappa shape index (κ2) is 9.51. The molecule has 0 saturated carbocycles. The molecule has 0 bridgehead atoms. The molecular formula is C18H25ClN2O4. The van der Waals surface area contributed by atoms with Crippen molar-refractivity contribution >= 4 is 23.4 Å². The maximum Gasteiger partial charge on any atom is 0.251 e. The molecule has 0 atom stereocenters. The van der Waals surface area contributed by atoms with Crippen molar-refractivity contribution in [3.8, 4) is 11.5 Å². The van der Waals surface area contributed by atoms with Gasteiger partial charge in [-0.2, -0.15) is 0 Å². The van der Waals surface area contributed by atoms with Crippen LogP contribution in [0.5, 0.6) is 11.5 Å². The summed E-state index contributed by atoms with van der Waals surface area (Å²) in [6.07, 6.45) is 2.88. The van der Waals surface area contributed by atoms with Gasteiger partial charge in [-0.25, -0.2) is 0 Å². The van der Waals surface area contributed by atoms with Gasteiger partial charge in [-0.15, -0.1) is 0 Å². The average Bonchev–Trinajstić information content (AvgIpc) is 3.13. The van der Waals surface area contributed by atoms with Crippen LogP contribution in [0, 0.1) is 0 Å². The summed E-state index contributed by atoms with van der Waals surface area (Å²) in [5.41, 5.74) is 0.339. The number of nitrogens with one attached hydrogen (secondary N) is 1. The molecule has 2 rings (SSSR count). The lowest BCUT2D eigenvalue weighted by Gasteiger charge is -2.16. The molecular weight excluding hydrogens is 344 g/mol. The minimum absolute atomic E-state index is 0.0193. The Morgan fingerprint density at radius 2 is 1.92 bits per heavy atom. The smallest absolute Gasteiger partial charge is 0.251 e. The topological polar surface area (TPSA) is 67.9 Å². The fourth-order valence-electron chi connectivity index (χ4n) is 2.64. The highest BCUT2D eigenvalue weighted by atomic mass is 35.5. The third-order valence-corrected chi connectivity index (χ3v) is 4.16. The van der Waals surface area contributed by atoms with Crippen LogP contribution in [-0.2, 0) is 4.79 Å². The van der Waals surface area contributed by atoms with Crippen LogP contribution in [0.3, 0.4) is 0 Å². The third-order valence-electron chi connectivity index (χ3n) is 3.88. The minimum atomic E-state index is -0.363. The van der Waals surface area contributed by atoms with Gasteiger partial charge in [-0.1, -0.05) is 18.5 Å². The first-order valence-corrected chi connectivity index (χ1v) is 9.09. The fraction of sp³-hybridized carbons (Fsp3) is 0.556. The number of halogens is 1. The van der Waals surface area contributed by atoms with Gasteiger partial charge in [0.05, 0.1) is 24.8 Å². The molecule has 1 aliphatic rings. The standard InChI is InChI=1S/C18H25ClN2O4/c1-3-9-25-17-14(19)10-13(11-15(17)24-4-2)18(23)20-12-16(22)21-7-5-6-8-21/h10-11H,3-9,12H2,1-2H3,(H,20,23). The molecule has 1 saturated heterocycles. The predicted molar refractivity (Wildman–Crippen MR) is 96.6 cm³/mol. The molecule has 0 unspecified atom stereocenters. The van der Waals surface area contributed by atoms with Crippen molar-refractivity contribution in [1.82, 2.24) is 10.2 Å². The highest BCUT2D eigenvalue weighted by Gasteiger charge is 2.20. The summed E-state index contributed by atoms with van der Waals surface area (Å²) >= 11 is 6.26. The van der Waals surface area contributed by atoms with Crippen LogP contribution in [0.2, 0.25) is 5.02 Å². The van der Waals surface area contributed by atoms with E-state index in [9.17, 15) is 9.59 Å². The Morgan fingerprint density at radius 1 is 1.20 bits per heavy atom. The lowest BCUT2D eigenvalue weighted by atomic mass is 10.2. The highest BCUT2D eigenvalue weighted by molar-refractivity contribution is 6.32. The SMILES string of the molecule is CCCOc1c(Cl)cc(C(=O)NCC(=O)N2CCCC2)cc1OCC. The van der Waals surface area contributed by atoms with Gasteiger partial charge in [-0.3, -0.25) is 9.59 Å². The van der Waals surface area contributed by atoms with E-state index in [1.807, 2.05) is 13.8 Å². The first-order chi connectivity index (χ1) is 12.1. The Morgan fingerprint density at radius 3 is 2.56 bits per heavy atom. The number of carbonyl (C=O) groups excluding carboxylic acids is 2. The van der Waals surface area contributed by atoms with Gasteiger partial charge < -0.3 is 19.7 Å². The minimum Gasteiger partial charge on any atom is -0.490 e. The summed E-state index contributed by atoms with van der Waals surface area (Å²) < 4.78 is 11.2. The van der Waals surface area contributed by atoms with Crippen molar-refractivity contribution in [3.63, 3.8) is 0 Å². The van der Waals surface area contributed by atoms with Crippen LogP contribution in [0.25, 0.3) is 0 Å². The Kier molecular flexibility index (Phi) is 7.37. The number of hydrogen-bond acceptors (Lipinski definition) is 4. The number of carbonyl (C=O) groups is 2. The predicted octanol–water partition coefficient (Wildman–Crippen LogP) is 2.88. The van der Waals surface area contributed by atoms with E-state index < -0.39 is 0 Å². The Labute approximate surface area is 153 Å². The van der Waals surface area contributed by atoms with E-state index in [2.05, 4.69) is 5.32 Å². The quantitative estimate of drug-likeness (QED) is 0.766. The van der Waals surface area contributed by atoms with Crippen LogP contribution in [0.15, 0.2) is 12.1 Å². The van der Waals surface area contributed by atoms with Crippen molar-refractivity contribution in [2.45, 2.75) is 33.1 Å². The maximum atomic E-state index is 12.4. The summed E-state index contributed by atoms with van der Waals surface area (Å²) in [6, 6.07) is 3.13. The number of hydrogen-bond donors (Lipinski definition) is 1. The van der Waals surface area contributed by atoms with E-state index in [4.69, 9.17) is 21.1 Å². The monoisotopic (exact) mass is 368 g/mol. The lowest BCUT2D eigenvalue weighted by molar-refractivity contribution is -0.129. The molecule has 0 aliphatic carbocycles. The fourth-order valence-corrected chi connectivity index (χ4v) is 2.91. The molecule has 0 spiro atoms. The number of benzene rings is 1. The molecule has 138 valence electrons. The van der Waals surface area contributed by atoms with E-state index in [-0.39, 0.29) is 18.4 Å². The summed E-state index contributed by atoms with van der Waals surface area (Å²) in [7, 11) is 0. The highest BCUT2D eigenvalue weighted by Crippen LogP contribution is 2.36. The summed E-state index contributed by atoms with van der Waals surface area (Å²) in [5, 5.41) is 2.96. The van der Waals surface area contributed by atoms with Crippen molar-refractivity contribution < 1.29 is 19.1 Å². The Bertz CT molecular complexity index is 615. The zero-order chi connectivity index (χ0) is 18.2. The second-order valence-electron chi connectivity index (χ2n) is 5.84. The zero-order valence-corrected chi connectivity index (χ0v) is 15.5. The first kappa shape index (κ1) is 19.4. The van der Waals surface area contributed by atoms with Gasteiger partial charge in [0.1, 0.15) is 0 Å². The molecule has 2 amide bonds. The van der Waals surface area contributed by atoms with Crippen molar-refractivity contribution in [2.24, 2.45) is 0 Å². The van der Waals surface area contributed by atoms with Crippen LogP contribution in [-0.4, -0.2) is 49.6 Å². The molecule has 1 aromatic carbocycles. The van der Waals surface area contributed by atoms with E-state index in [1.54, 1.807) is 11.0 Å². The van der Waals surface area contributed by atoms with Crippen molar-refractivity contribution in [1.29, 1.82) is 0 Å². The molecule has 0 radical (unpaired) electrons. The third kappa shape index (κ3) is 5.26. The summed E-state index contributed by atoms with van der Waals surface area (Å²) in [6.45, 7) is 6.28. The lowest BCUT2D eigenvalue weighted by Crippen LogP contribution is -2.38. The number of nitrogens with zero attached hydrogens (tertiary/aromatic N) is 1. The molecule has 6 nitrogen and oxygen atoms in total. The summed E-state index contributed by atoms with van der Waals surface area (Å²) in [5.74, 6) is 0.442. The molecule has 7 heteroatoms. The van der Waals surface area contributed by atoms with Gasteiger partial charge in [0, 0.05) is 18.7 Å².